The van der Waals surface area contributed by atoms with Gasteiger partial charge < -0.3 is 9.30 Å². The number of alkyl halides is 1. The van der Waals surface area contributed by atoms with Gasteiger partial charge >= 0.3 is 0 Å². The lowest BCUT2D eigenvalue weighted by Crippen LogP contribution is -2.23. The van der Waals surface area contributed by atoms with E-state index in [-0.39, 0.29) is 5.41 Å². The molecular formula is C17H25ClN2O. The third-order valence-corrected chi connectivity index (χ3v) is 4.06. The van der Waals surface area contributed by atoms with Crippen molar-refractivity contribution in [2.24, 2.45) is 5.41 Å². The molecule has 1 aromatic heterocycles. The molecule has 0 saturated heterocycles. The van der Waals surface area contributed by atoms with Gasteiger partial charge in [0.05, 0.1) is 11.0 Å². The Morgan fingerprint density at radius 1 is 1.33 bits per heavy atom. The molecule has 116 valence electrons. The van der Waals surface area contributed by atoms with Gasteiger partial charge in [-0.25, -0.2) is 4.98 Å². The largest absolute Gasteiger partial charge is 0.385 e. The summed E-state index contributed by atoms with van der Waals surface area (Å²) < 4.78 is 7.56. The summed E-state index contributed by atoms with van der Waals surface area (Å²) in [5.74, 6) is 1.68. The first-order valence-corrected chi connectivity index (χ1v) is 8.01. The predicted octanol–water partition coefficient (Wildman–Crippen LogP) is 4.19. The number of ether oxygens (including phenoxy) is 1. The zero-order chi connectivity index (χ0) is 15.5. The Bertz CT molecular complexity index is 604. The number of hydrogen-bond acceptors (Lipinski definition) is 2. The van der Waals surface area contributed by atoms with E-state index in [1.54, 1.807) is 7.11 Å². The molecule has 0 aliphatic rings. The second kappa shape index (κ2) is 6.80. The Labute approximate surface area is 132 Å². The summed E-state index contributed by atoms with van der Waals surface area (Å²) in [5, 5.41) is 0. The molecule has 0 spiro atoms. The molecule has 0 saturated carbocycles. The number of aromatic nitrogens is 2. The molecule has 0 unspecified atom stereocenters. The van der Waals surface area contributed by atoms with Crippen molar-refractivity contribution in [3.05, 3.63) is 29.6 Å². The Hall–Kier alpha value is -1.06. The van der Waals surface area contributed by atoms with E-state index in [0.717, 1.165) is 37.3 Å². The first-order chi connectivity index (χ1) is 9.96. The Kier molecular flexibility index (Phi) is 5.28. The van der Waals surface area contributed by atoms with Crippen molar-refractivity contribution in [2.45, 2.75) is 40.2 Å². The monoisotopic (exact) mass is 308 g/mol. The zero-order valence-corrected chi connectivity index (χ0v) is 14.2. The molecule has 4 heteroatoms. The molecular weight excluding hydrogens is 284 g/mol. The fourth-order valence-electron chi connectivity index (χ4n) is 2.63. The van der Waals surface area contributed by atoms with Crippen LogP contribution in [-0.4, -0.2) is 29.1 Å². The van der Waals surface area contributed by atoms with Gasteiger partial charge in [0.25, 0.3) is 0 Å². The number of benzene rings is 1. The van der Waals surface area contributed by atoms with Gasteiger partial charge in [0.15, 0.2) is 0 Å². The molecule has 0 radical (unpaired) electrons. The fraction of sp³-hybridized carbons (Fsp3) is 0.588. The van der Waals surface area contributed by atoms with Gasteiger partial charge in [0.1, 0.15) is 5.82 Å². The highest BCUT2D eigenvalue weighted by molar-refractivity contribution is 6.17. The van der Waals surface area contributed by atoms with E-state index in [1.807, 2.05) is 0 Å². The summed E-state index contributed by atoms with van der Waals surface area (Å²) in [6, 6.07) is 6.46. The zero-order valence-electron chi connectivity index (χ0n) is 13.4. The lowest BCUT2D eigenvalue weighted by molar-refractivity contribution is 0.142. The minimum Gasteiger partial charge on any atom is -0.385 e. The number of methoxy groups -OCH3 is 1. The van der Waals surface area contributed by atoms with Crippen molar-refractivity contribution in [3.63, 3.8) is 0 Å². The van der Waals surface area contributed by atoms with E-state index >= 15 is 0 Å². The smallest absolute Gasteiger partial charge is 0.111 e. The van der Waals surface area contributed by atoms with Gasteiger partial charge in [-0.1, -0.05) is 19.9 Å². The Morgan fingerprint density at radius 2 is 2.10 bits per heavy atom. The number of aryl methyl sites for hydroxylation is 2. The first kappa shape index (κ1) is 16.3. The van der Waals surface area contributed by atoms with E-state index in [2.05, 4.69) is 43.5 Å². The van der Waals surface area contributed by atoms with Crippen LogP contribution in [0.3, 0.4) is 0 Å². The van der Waals surface area contributed by atoms with E-state index in [0.29, 0.717) is 5.88 Å². The third-order valence-electron chi connectivity index (χ3n) is 3.87. The third kappa shape index (κ3) is 3.98. The van der Waals surface area contributed by atoms with Gasteiger partial charge in [0.2, 0.25) is 0 Å². The molecule has 2 aromatic rings. The molecule has 3 nitrogen and oxygen atoms in total. The molecule has 0 fully saturated rings. The van der Waals surface area contributed by atoms with Gasteiger partial charge in [-0.05, 0) is 36.5 Å². The summed E-state index contributed by atoms with van der Waals surface area (Å²) in [7, 11) is 1.75. The number of fused-ring (bicyclic) bond motifs is 1. The van der Waals surface area contributed by atoms with Crippen LogP contribution in [0.2, 0.25) is 0 Å². The maximum absolute atomic E-state index is 5.95. The predicted molar refractivity (Wildman–Crippen MR) is 89.2 cm³/mol. The standard InChI is InChI=1S/C17H25ClN2O/c1-13-5-6-15-14(11-13)19-16(7-9-18)20(15)12-17(2,3)8-10-21-4/h5-6,11H,7-10,12H2,1-4H3. The summed E-state index contributed by atoms with van der Waals surface area (Å²) in [5.41, 5.74) is 3.67. The number of imidazole rings is 1. The summed E-state index contributed by atoms with van der Waals surface area (Å²) in [6.45, 7) is 8.36. The van der Waals surface area contributed by atoms with Crippen molar-refractivity contribution in [1.29, 1.82) is 0 Å². The normalized spacial score (nSPS) is 12.2. The van der Waals surface area contributed by atoms with Crippen LogP contribution < -0.4 is 0 Å². The van der Waals surface area contributed by atoms with E-state index < -0.39 is 0 Å². The van der Waals surface area contributed by atoms with Crippen LogP contribution >= 0.6 is 11.6 Å². The van der Waals surface area contributed by atoms with Crippen molar-refractivity contribution in [3.8, 4) is 0 Å². The average Bonchev–Trinajstić information content (AvgIpc) is 2.73. The van der Waals surface area contributed by atoms with Crippen molar-refractivity contribution < 1.29 is 4.74 Å². The van der Waals surface area contributed by atoms with Crippen LogP contribution in [0.25, 0.3) is 11.0 Å². The fourth-order valence-corrected chi connectivity index (χ4v) is 2.80. The number of halogens is 1. The Balaban J connectivity index is 2.38. The molecule has 0 N–H and O–H groups in total. The number of nitrogens with zero attached hydrogens (tertiary/aromatic N) is 2. The Morgan fingerprint density at radius 3 is 2.76 bits per heavy atom. The van der Waals surface area contributed by atoms with E-state index in [9.17, 15) is 0 Å². The number of hydrogen-bond donors (Lipinski definition) is 0. The maximum Gasteiger partial charge on any atom is 0.111 e. The first-order valence-electron chi connectivity index (χ1n) is 7.47. The maximum atomic E-state index is 5.95. The minimum absolute atomic E-state index is 0.162. The molecule has 1 heterocycles. The van der Waals surface area contributed by atoms with Crippen LogP contribution in [0.4, 0.5) is 0 Å². The van der Waals surface area contributed by atoms with Gasteiger partial charge in [-0.3, -0.25) is 0 Å². The van der Waals surface area contributed by atoms with E-state index in [4.69, 9.17) is 21.3 Å². The topological polar surface area (TPSA) is 27.1 Å². The van der Waals surface area contributed by atoms with Crippen molar-refractivity contribution >= 4 is 22.6 Å². The van der Waals surface area contributed by atoms with Crippen LogP contribution in [0.5, 0.6) is 0 Å². The molecule has 21 heavy (non-hydrogen) atoms. The van der Waals surface area contributed by atoms with Gasteiger partial charge in [-0.15, -0.1) is 11.6 Å². The summed E-state index contributed by atoms with van der Waals surface area (Å²) in [4.78, 5) is 4.77. The van der Waals surface area contributed by atoms with Crippen LogP contribution in [0.15, 0.2) is 18.2 Å². The summed E-state index contributed by atoms with van der Waals surface area (Å²) in [6.07, 6.45) is 1.82. The van der Waals surface area contributed by atoms with Crippen molar-refractivity contribution in [1.82, 2.24) is 9.55 Å². The molecule has 1 aromatic carbocycles. The lowest BCUT2D eigenvalue weighted by atomic mass is 9.89. The molecule has 0 bridgehead atoms. The molecule has 0 aliphatic heterocycles. The van der Waals surface area contributed by atoms with Gasteiger partial charge in [-0.2, -0.15) is 0 Å². The molecule has 0 amide bonds. The molecule has 0 atom stereocenters. The second-order valence-electron chi connectivity index (χ2n) is 6.45. The van der Waals surface area contributed by atoms with E-state index in [1.165, 1.54) is 11.1 Å². The van der Waals surface area contributed by atoms with Crippen LogP contribution in [0, 0.1) is 12.3 Å². The second-order valence-corrected chi connectivity index (χ2v) is 6.83. The average molecular weight is 309 g/mol. The summed E-state index contributed by atoms with van der Waals surface area (Å²) >= 11 is 5.95. The minimum atomic E-state index is 0.162. The molecule has 0 aliphatic carbocycles. The van der Waals surface area contributed by atoms with Crippen LogP contribution in [-0.2, 0) is 17.7 Å². The quantitative estimate of drug-likeness (QED) is 0.717. The number of rotatable bonds is 7. The molecule has 2 rings (SSSR count). The van der Waals surface area contributed by atoms with Crippen molar-refractivity contribution in [2.75, 3.05) is 19.6 Å². The van der Waals surface area contributed by atoms with Gasteiger partial charge in [0, 0.05) is 32.6 Å². The van der Waals surface area contributed by atoms with Crippen LogP contribution in [0.1, 0.15) is 31.7 Å². The SMILES string of the molecule is COCCC(C)(C)Cn1c(CCCl)nc2cc(C)ccc21. The highest BCUT2D eigenvalue weighted by atomic mass is 35.5. The highest BCUT2D eigenvalue weighted by Gasteiger charge is 2.21. The highest BCUT2D eigenvalue weighted by Crippen LogP contribution is 2.27. The lowest BCUT2D eigenvalue weighted by Gasteiger charge is -2.26.